The Balaban J connectivity index is 3.08. The summed E-state index contributed by atoms with van der Waals surface area (Å²) in [5.74, 6) is -2.26. The molecule has 0 saturated carbocycles. The van der Waals surface area contributed by atoms with Crippen LogP contribution in [0.3, 0.4) is 0 Å². The number of anilines is 1. The van der Waals surface area contributed by atoms with Gasteiger partial charge in [0.1, 0.15) is 6.04 Å². The van der Waals surface area contributed by atoms with Crippen LogP contribution in [0.15, 0.2) is 18.2 Å². The van der Waals surface area contributed by atoms with E-state index in [0.717, 1.165) is 16.8 Å². The van der Waals surface area contributed by atoms with Crippen LogP contribution in [0.25, 0.3) is 0 Å². The molecule has 1 rings (SSSR count). The number of carboxylic acids is 2. The Kier molecular flexibility index (Phi) is 4.31. The molecule has 0 bridgehead atoms. The van der Waals surface area contributed by atoms with Gasteiger partial charge >= 0.3 is 11.9 Å². The van der Waals surface area contributed by atoms with E-state index >= 15 is 0 Å². The molecule has 1 atom stereocenters. The Morgan fingerprint density at radius 2 is 1.89 bits per heavy atom. The van der Waals surface area contributed by atoms with Gasteiger partial charge in [-0.1, -0.05) is 12.1 Å². The number of rotatable bonds is 5. The predicted octanol–water partition coefficient (Wildman–Crippen LogP) is 1.67. The van der Waals surface area contributed by atoms with E-state index in [-0.39, 0.29) is 0 Å². The van der Waals surface area contributed by atoms with Crippen LogP contribution in [0.1, 0.15) is 17.5 Å². The van der Waals surface area contributed by atoms with Gasteiger partial charge in [0.05, 0.1) is 6.42 Å². The normalized spacial score (nSPS) is 11.9. The molecule has 0 aliphatic carbocycles. The van der Waals surface area contributed by atoms with Crippen LogP contribution in [-0.4, -0.2) is 35.2 Å². The average molecular weight is 251 g/mol. The number of likely N-dealkylation sites (N-methyl/N-ethyl adjacent to an activating group) is 1. The standard InChI is InChI=1S/C13H17NO4/c1-8-4-5-9(2)10(6-8)14(3)11(13(17)18)7-12(15)16/h4-6,11H,7H2,1-3H3,(H,15,16)(H,17,18). The lowest BCUT2D eigenvalue weighted by atomic mass is 10.1. The number of benzene rings is 1. The van der Waals surface area contributed by atoms with Gasteiger partial charge in [-0.3, -0.25) is 4.79 Å². The summed E-state index contributed by atoms with van der Waals surface area (Å²) in [6, 6.07) is 4.61. The molecule has 0 amide bonds. The average Bonchev–Trinajstić information content (AvgIpc) is 2.27. The van der Waals surface area contributed by atoms with Crippen LogP contribution in [-0.2, 0) is 9.59 Å². The van der Waals surface area contributed by atoms with Crippen LogP contribution in [0.5, 0.6) is 0 Å². The largest absolute Gasteiger partial charge is 0.481 e. The number of aliphatic carboxylic acids is 2. The van der Waals surface area contributed by atoms with E-state index in [9.17, 15) is 9.59 Å². The summed E-state index contributed by atoms with van der Waals surface area (Å²) in [6.45, 7) is 3.77. The van der Waals surface area contributed by atoms with Crippen LogP contribution < -0.4 is 4.90 Å². The zero-order valence-electron chi connectivity index (χ0n) is 10.7. The van der Waals surface area contributed by atoms with Gasteiger partial charge in [-0.05, 0) is 31.0 Å². The van der Waals surface area contributed by atoms with E-state index in [0.29, 0.717) is 0 Å². The summed E-state index contributed by atoms with van der Waals surface area (Å²) in [6.07, 6.45) is -0.431. The Labute approximate surface area is 106 Å². The smallest absolute Gasteiger partial charge is 0.326 e. The fourth-order valence-electron chi connectivity index (χ4n) is 1.82. The first-order chi connectivity index (χ1) is 8.32. The number of aryl methyl sites for hydroxylation is 2. The van der Waals surface area contributed by atoms with E-state index in [1.54, 1.807) is 7.05 Å². The number of carbonyl (C=O) groups is 2. The van der Waals surface area contributed by atoms with Gasteiger partial charge in [0.2, 0.25) is 0 Å². The summed E-state index contributed by atoms with van der Waals surface area (Å²) in [4.78, 5) is 23.4. The fraction of sp³-hybridized carbons (Fsp3) is 0.385. The minimum absolute atomic E-state index is 0.431. The lowest BCUT2D eigenvalue weighted by Crippen LogP contribution is -2.40. The summed E-state index contributed by atoms with van der Waals surface area (Å²) >= 11 is 0. The first-order valence-corrected chi connectivity index (χ1v) is 5.57. The van der Waals surface area contributed by atoms with Crippen molar-refractivity contribution in [3.8, 4) is 0 Å². The van der Waals surface area contributed by atoms with Crippen molar-refractivity contribution < 1.29 is 19.8 Å². The zero-order valence-corrected chi connectivity index (χ0v) is 10.7. The van der Waals surface area contributed by atoms with E-state index in [1.165, 1.54) is 4.90 Å². The van der Waals surface area contributed by atoms with Crippen LogP contribution >= 0.6 is 0 Å². The fourth-order valence-corrected chi connectivity index (χ4v) is 1.82. The third-order valence-electron chi connectivity index (χ3n) is 2.87. The molecule has 18 heavy (non-hydrogen) atoms. The maximum Gasteiger partial charge on any atom is 0.326 e. The molecule has 0 fully saturated rings. The van der Waals surface area contributed by atoms with Crippen molar-refractivity contribution in [2.75, 3.05) is 11.9 Å². The van der Waals surface area contributed by atoms with Crippen LogP contribution in [0, 0.1) is 13.8 Å². The van der Waals surface area contributed by atoms with E-state index in [1.807, 2.05) is 32.0 Å². The Hall–Kier alpha value is -2.04. The topological polar surface area (TPSA) is 77.8 Å². The summed E-state index contributed by atoms with van der Waals surface area (Å²) in [7, 11) is 1.60. The molecule has 1 unspecified atom stereocenters. The summed E-state index contributed by atoms with van der Waals surface area (Å²) in [5.41, 5.74) is 2.66. The van der Waals surface area contributed by atoms with Gasteiger partial charge in [-0.25, -0.2) is 4.79 Å². The van der Waals surface area contributed by atoms with E-state index in [4.69, 9.17) is 10.2 Å². The molecule has 0 aliphatic heterocycles. The molecule has 5 nitrogen and oxygen atoms in total. The first-order valence-electron chi connectivity index (χ1n) is 5.57. The first kappa shape index (κ1) is 14.0. The monoisotopic (exact) mass is 251 g/mol. The van der Waals surface area contributed by atoms with Gasteiger partial charge in [0.25, 0.3) is 0 Å². The minimum atomic E-state index is -1.14. The quantitative estimate of drug-likeness (QED) is 0.832. The molecule has 0 spiro atoms. The summed E-state index contributed by atoms with van der Waals surface area (Å²) < 4.78 is 0. The molecular formula is C13H17NO4. The molecule has 0 heterocycles. The Morgan fingerprint density at radius 1 is 1.28 bits per heavy atom. The van der Waals surface area contributed by atoms with Gasteiger partial charge in [-0.2, -0.15) is 0 Å². The van der Waals surface area contributed by atoms with Crippen molar-refractivity contribution in [3.63, 3.8) is 0 Å². The SMILES string of the molecule is Cc1ccc(C)c(N(C)C(CC(=O)O)C(=O)O)c1. The second kappa shape index (κ2) is 5.53. The molecule has 0 aromatic heterocycles. The maximum absolute atomic E-state index is 11.1. The lowest BCUT2D eigenvalue weighted by Gasteiger charge is -2.27. The van der Waals surface area contributed by atoms with Crippen molar-refractivity contribution >= 4 is 17.6 Å². The molecular weight excluding hydrogens is 234 g/mol. The highest BCUT2D eigenvalue weighted by atomic mass is 16.4. The molecule has 0 aliphatic rings. The number of nitrogens with zero attached hydrogens (tertiary/aromatic N) is 1. The number of carboxylic acid groups (broad SMARTS) is 2. The van der Waals surface area contributed by atoms with Crippen LogP contribution in [0.4, 0.5) is 5.69 Å². The third-order valence-corrected chi connectivity index (χ3v) is 2.87. The summed E-state index contributed by atoms with van der Waals surface area (Å²) in [5, 5.41) is 17.9. The van der Waals surface area contributed by atoms with Crippen molar-refractivity contribution in [2.45, 2.75) is 26.3 Å². The predicted molar refractivity (Wildman–Crippen MR) is 68.0 cm³/mol. The third kappa shape index (κ3) is 3.23. The van der Waals surface area contributed by atoms with Crippen molar-refractivity contribution in [1.82, 2.24) is 0 Å². The molecule has 2 N–H and O–H groups in total. The van der Waals surface area contributed by atoms with Gasteiger partial charge in [-0.15, -0.1) is 0 Å². The van der Waals surface area contributed by atoms with E-state index < -0.39 is 24.4 Å². The number of hydrogen-bond donors (Lipinski definition) is 2. The molecule has 1 aromatic carbocycles. The Morgan fingerprint density at radius 3 is 2.39 bits per heavy atom. The molecule has 5 heteroatoms. The minimum Gasteiger partial charge on any atom is -0.481 e. The molecule has 1 aromatic rings. The Bertz CT molecular complexity index is 470. The highest BCUT2D eigenvalue weighted by Gasteiger charge is 2.26. The number of hydrogen-bond acceptors (Lipinski definition) is 3. The van der Waals surface area contributed by atoms with Crippen molar-refractivity contribution in [1.29, 1.82) is 0 Å². The molecule has 0 radical (unpaired) electrons. The zero-order chi connectivity index (χ0) is 13.9. The molecule has 0 saturated heterocycles. The van der Waals surface area contributed by atoms with Gasteiger partial charge in [0, 0.05) is 12.7 Å². The van der Waals surface area contributed by atoms with Gasteiger partial charge < -0.3 is 15.1 Å². The van der Waals surface area contributed by atoms with Crippen molar-refractivity contribution in [3.05, 3.63) is 29.3 Å². The van der Waals surface area contributed by atoms with Gasteiger partial charge in [0.15, 0.2) is 0 Å². The molecule has 98 valence electrons. The van der Waals surface area contributed by atoms with E-state index in [2.05, 4.69) is 0 Å². The highest BCUT2D eigenvalue weighted by molar-refractivity contribution is 5.84. The van der Waals surface area contributed by atoms with Crippen molar-refractivity contribution in [2.24, 2.45) is 0 Å². The second-order valence-corrected chi connectivity index (χ2v) is 4.35. The second-order valence-electron chi connectivity index (χ2n) is 4.35. The van der Waals surface area contributed by atoms with Crippen LogP contribution in [0.2, 0.25) is 0 Å². The maximum atomic E-state index is 11.1. The lowest BCUT2D eigenvalue weighted by molar-refractivity contribution is -0.145. The highest BCUT2D eigenvalue weighted by Crippen LogP contribution is 2.23.